The number of aromatic amines is 1. The molecule has 3 aromatic carbocycles. The summed E-state index contributed by atoms with van der Waals surface area (Å²) >= 11 is 6.24. The van der Waals surface area contributed by atoms with E-state index in [2.05, 4.69) is 55.8 Å². The third kappa shape index (κ3) is 10.3. The van der Waals surface area contributed by atoms with E-state index in [-0.39, 0.29) is 34.6 Å². The lowest BCUT2D eigenvalue weighted by atomic mass is 9.72. The summed E-state index contributed by atoms with van der Waals surface area (Å²) in [7, 11) is -4.60. The van der Waals surface area contributed by atoms with E-state index in [4.69, 9.17) is 25.8 Å². The molecule has 3 N–H and O–H groups in total. The standard InChI is InChI=1S/C46H52ClN7O8S/c1-29-27-61-43(28-60-29)30(2)50-40-12-10-37(23-41(40)54(56)57)63(58,59)51-45(55)38-11-9-35(22-42(38)62-36-21-32-14-16-48-44(32)49-25-36)53-19-17-52(18-20-53)26-33-13-15-46(3,4)24-39(33)31-5-7-34(47)8-6-31/h5-12,14,16,21-23,25,29-30,43,50H,13,15,17-20,24,26-28H2,1-4H3,(H,48,49)(H,51,55)/t29-,30?,43-/m1/s1. The van der Waals surface area contributed by atoms with Gasteiger partial charge in [0.1, 0.15) is 28.9 Å². The number of nitrogens with one attached hydrogen (secondary N) is 3. The Labute approximate surface area is 372 Å². The van der Waals surface area contributed by atoms with E-state index in [1.54, 1.807) is 31.3 Å². The van der Waals surface area contributed by atoms with Crippen molar-refractivity contribution in [1.29, 1.82) is 0 Å². The summed E-state index contributed by atoms with van der Waals surface area (Å²) in [5.74, 6) is -0.515. The fourth-order valence-electron chi connectivity index (χ4n) is 8.41. The minimum atomic E-state index is -4.60. The van der Waals surface area contributed by atoms with Crippen molar-refractivity contribution in [3.05, 3.63) is 117 Å². The van der Waals surface area contributed by atoms with E-state index < -0.39 is 37.5 Å². The Hall–Kier alpha value is -5.52. The number of ether oxygens (including phenoxy) is 3. The van der Waals surface area contributed by atoms with Crippen LogP contribution in [0.15, 0.2) is 95.7 Å². The molecule has 3 atom stereocenters. The number of carbonyl (C=O) groups excluding carboxylic acids is 1. The smallest absolute Gasteiger partial charge is 0.293 e. The molecular formula is C46H52ClN7O8S. The number of aromatic nitrogens is 2. The number of carbonyl (C=O) groups is 1. The predicted molar refractivity (Wildman–Crippen MR) is 243 cm³/mol. The Kier molecular flexibility index (Phi) is 12.8. The Morgan fingerprint density at radius 1 is 1.05 bits per heavy atom. The molecule has 5 aromatic rings. The van der Waals surface area contributed by atoms with Gasteiger partial charge in [-0.15, -0.1) is 0 Å². The summed E-state index contributed by atoms with van der Waals surface area (Å²) in [4.78, 5) is 37.2. The van der Waals surface area contributed by atoms with Crippen molar-refractivity contribution < 1.29 is 32.3 Å². The number of sulfonamides is 1. The highest BCUT2D eigenvalue weighted by molar-refractivity contribution is 7.90. The van der Waals surface area contributed by atoms with E-state index in [1.807, 2.05) is 25.1 Å². The number of piperazine rings is 1. The number of halogens is 1. The summed E-state index contributed by atoms with van der Waals surface area (Å²) in [6, 6.07) is 19.9. The van der Waals surface area contributed by atoms with Gasteiger partial charge in [-0.2, -0.15) is 0 Å². The highest BCUT2D eigenvalue weighted by atomic mass is 35.5. The van der Waals surface area contributed by atoms with E-state index in [0.717, 1.165) is 61.1 Å². The van der Waals surface area contributed by atoms with Gasteiger partial charge in [-0.3, -0.25) is 19.8 Å². The summed E-state index contributed by atoms with van der Waals surface area (Å²) in [6.45, 7) is 13.0. The van der Waals surface area contributed by atoms with Crippen LogP contribution in [0.5, 0.6) is 11.5 Å². The van der Waals surface area contributed by atoms with Crippen LogP contribution in [0.3, 0.4) is 0 Å². The third-order valence-electron chi connectivity index (χ3n) is 12.1. The molecule has 1 amide bonds. The topological polar surface area (TPSA) is 181 Å². The zero-order valence-corrected chi connectivity index (χ0v) is 37.3. The van der Waals surface area contributed by atoms with Gasteiger partial charge in [0.25, 0.3) is 21.6 Å². The molecule has 2 aliphatic heterocycles. The number of hydrogen-bond donors (Lipinski definition) is 3. The largest absolute Gasteiger partial charge is 0.455 e. The van der Waals surface area contributed by atoms with Crippen molar-refractivity contribution in [3.63, 3.8) is 0 Å². The normalized spacial score (nSPS) is 20.0. The summed E-state index contributed by atoms with van der Waals surface area (Å²) in [5, 5.41) is 16.8. The van der Waals surface area contributed by atoms with Crippen LogP contribution in [0.4, 0.5) is 17.1 Å². The molecular weight excluding hydrogens is 846 g/mol. The molecule has 2 fully saturated rings. The molecule has 2 saturated heterocycles. The number of rotatable bonds is 13. The summed E-state index contributed by atoms with van der Waals surface area (Å²) < 4.78 is 47.4. The number of H-pyrrole nitrogens is 1. The van der Waals surface area contributed by atoms with E-state index in [1.165, 1.54) is 41.1 Å². The molecule has 0 spiro atoms. The van der Waals surface area contributed by atoms with E-state index in [0.29, 0.717) is 37.7 Å². The van der Waals surface area contributed by atoms with Crippen LogP contribution in [0, 0.1) is 15.5 Å². The monoisotopic (exact) mass is 897 g/mol. The second-order valence-corrected chi connectivity index (χ2v) is 19.5. The van der Waals surface area contributed by atoms with Crippen LogP contribution in [-0.4, -0.2) is 98.3 Å². The highest BCUT2D eigenvalue weighted by Gasteiger charge is 2.31. The van der Waals surface area contributed by atoms with Crippen molar-refractivity contribution in [2.24, 2.45) is 5.41 Å². The number of benzene rings is 3. The number of pyridine rings is 1. The number of amides is 1. The summed E-state index contributed by atoms with van der Waals surface area (Å²) in [6.07, 6.45) is 6.02. The van der Waals surface area contributed by atoms with Crippen molar-refractivity contribution in [2.75, 3.05) is 56.2 Å². The Morgan fingerprint density at radius 2 is 1.83 bits per heavy atom. The van der Waals surface area contributed by atoms with Crippen LogP contribution in [0.2, 0.25) is 5.02 Å². The van der Waals surface area contributed by atoms with Gasteiger partial charge in [-0.1, -0.05) is 43.2 Å². The lowest BCUT2D eigenvalue weighted by Crippen LogP contribution is -2.47. The minimum Gasteiger partial charge on any atom is -0.455 e. The third-order valence-corrected chi connectivity index (χ3v) is 13.7. The van der Waals surface area contributed by atoms with Crippen LogP contribution in [0.25, 0.3) is 16.6 Å². The van der Waals surface area contributed by atoms with Crippen LogP contribution >= 0.6 is 11.6 Å². The highest BCUT2D eigenvalue weighted by Crippen LogP contribution is 2.43. The molecule has 63 heavy (non-hydrogen) atoms. The molecule has 0 radical (unpaired) electrons. The van der Waals surface area contributed by atoms with Gasteiger partial charge in [0.2, 0.25) is 0 Å². The van der Waals surface area contributed by atoms with Gasteiger partial charge in [0.05, 0.1) is 46.9 Å². The van der Waals surface area contributed by atoms with Crippen LogP contribution in [-0.2, 0) is 19.5 Å². The average Bonchev–Trinajstić information content (AvgIpc) is 3.73. The first kappa shape index (κ1) is 44.1. The fourth-order valence-corrected chi connectivity index (χ4v) is 9.52. The van der Waals surface area contributed by atoms with Crippen molar-refractivity contribution in [2.45, 2.75) is 70.1 Å². The summed E-state index contributed by atoms with van der Waals surface area (Å²) in [5.41, 5.74) is 5.33. The van der Waals surface area contributed by atoms with Crippen LogP contribution in [0.1, 0.15) is 62.9 Å². The van der Waals surface area contributed by atoms with Gasteiger partial charge >= 0.3 is 0 Å². The maximum absolute atomic E-state index is 14.0. The average molecular weight is 898 g/mol. The number of anilines is 2. The zero-order valence-electron chi connectivity index (χ0n) is 35.7. The Balaban J connectivity index is 1.00. The zero-order chi connectivity index (χ0) is 44.5. The number of nitro benzene ring substituents is 1. The SMILES string of the molecule is CC(Nc1ccc(S(=O)(=O)NC(=O)c2ccc(N3CCN(CC4=C(c5ccc(Cl)cc5)CC(C)(C)CC4)CC3)cc2Oc2cnc3[nH]ccc3c2)cc1[N+](=O)[O-])[C@H]1CO[C@H](C)CO1. The van der Waals surface area contributed by atoms with Gasteiger partial charge in [0.15, 0.2) is 0 Å². The predicted octanol–water partition coefficient (Wildman–Crippen LogP) is 8.43. The first-order chi connectivity index (χ1) is 30.1. The van der Waals surface area contributed by atoms with Gasteiger partial charge in [-0.25, -0.2) is 18.1 Å². The first-order valence-corrected chi connectivity index (χ1v) is 23.0. The van der Waals surface area contributed by atoms with E-state index >= 15 is 0 Å². The molecule has 15 nitrogen and oxygen atoms in total. The molecule has 0 saturated carbocycles. The Morgan fingerprint density at radius 3 is 2.56 bits per heavy atom. The van der Waals surface area contributed by atoms with Crippen LogP contribution < -0.4 is 19.7 Å². The fraction of sp³-hybridized carbons (Fsp3) is 0.391. The van der Waals surface area contributed by atoms with Gasteiger partial charge in [-0.05, 0) is 98.2 Å². The number of nitrogens with zero attached hydrogens (tertiary/aromatic N) is 4. The number of allylic oxidation sites excluding steroid dienone is 1. The quantitative estimate of drug-likeness (QED) is 0.0760. The van der Waals surface area contributed by atoms with Crippen molar-refractivity contribution in [3.8, 4) is 11.5 Å². The number of nitro groups is 1. The molecule has 332 valence electrons. The van der Waals surface area contributed by atoms with Gasteiger partial charge < -0.3 is 29.4 Å². The van der Waals surface area contributed by atoms with Crippen molar-refractivity contribution in [1.82, 2.24) is 19.6 Å². The maximum Gasteiger partial charge on any atom is 0.293 e. The Bertz CT molecular complexity index is 2640. The van der Waals surface area contributed by atoms with Gasteiger partial charge in [0, 0.05) is 67.1 Å². The molecule has 8 rings (SSSR count). The second kappa shape index (κ2) is 18.3. The van der Waals surface area contributed by atoms with E-state index in [9.17, 15) is 23.3 Å². The lowest BCUT2D eigenvalue weighted by Gasteiger charge is -2.39. The molecule has 17 heteroatoms. The molecule has 2 aromatic heterocycles. The van der Waals surface area contributed by atoms with Crippen molar-refractivity contribution >= 4 is 61.2 Å². The minimum absolute atomic E-state index is 0.0531. The number of hydrogen-bond acceptors (Lipinski definition) is 12. The molecule has 0 bridgehead atoms. The molecule has 4 heterocycles. The molecule has 1 aliphatic carbocycles. The first-order valence-electron chi connectivity index (χ1n) is 21.2. The molecule has 1 unspecified atom stereocenters. The lowest BCUT2D eigenvalue weighted by molar-refractivity contribution is -0.384. The second-order valence-electron chi connectivity index (χ2n) is 17.4. The number of fused-ring (bicyclic) bond motifs is 1. The molecule has 3 aliphatic rings. The maximum atomic E-state index is 14.0.